The van der Waals surface area contributed by atoms with Crippen LogP contribution in [0.25, 0.3) is 10.9 Å². The molecule has 2 atom stereocenters. The molecule has 136 valence electrons. The van der Waals surface area contributed by atoms with Gasteiger partial charge < -0.3 is 25.3 Å². The number of carbonyl (C=O) groups excluding carboxylic acids is 1. The number of hydrogen-bond acceptors (Lipinski definition) is 4. The molecule has 0 saturated carbocycles. The average molecular weight is 348 g/mol. The van der Waals surface area contributed by atoms with Gasteiger partial charge in [0.25, 0.3) is 0 Å². The van der Waals surface area contributed by atoms with Gasteiger partial charge in [-0.2, -0.15) is 0 Å². The van der Waals surface area contributed by atoms with E-state index < -0.39 is 36.2 Å². The van der Waals surface area contributed by atoms with Crippen LogP contribution in [0.5, 0.6) is 0 Å². The number of amides is 1. The highest BCUT2D eigenvalue weighted by atomic mass is 16.6. The van der Waals surface area contributed by atoms with Crippen molar-refractivity contribution in [3.8, 4) is 0 Å². The van der Waals surface area contributed by atoms with Crippen LogP contribution in [-0.4, -0.2) is 45.0 Å². The highest BCUT2D eigenvalue weighted by molar-refractivity contribution is 5.83. The van der Waals surface area contributed by atoms with Crippen molar-refractivity contribution in [1.29, 1.82) is 0 Å². The van der Waals surface area contributed by atoms with E-state index in [0.717, 1.165) is 16.5 Å². The molecule has 0 spiro atoms. The van der Waals surface area contributed by atoms with E-state index in [-0.39, 0.29) is 6.42 Å². The highest BCUT2D eigenvalue weighted by Gasteiger charge is 2.27. The summed E-state index contributed by atoms with van der Waals surface area (Å²) in [6.07, 6.45) is -0.330. The number of carbonyl (C=O) groups is 2. The van der Waals surface area contributed by atoms with Crippen LogP contribution >= 0.6 is 0 Å². The van der Waals surface area contributed by atoms with E-state index in [4.69, 9.17) is 9.84 Å². The minimum atomic E-state index is -1.24. The Morgan fingerprint density at radius 2 is 1.96 bits per heavy atom. The molecule has 0 fully saturated rings. The summed E-state index contributed by atoms with van der Waals surface area (Å²) >= 11 is 0. The number of aromatic nitrogens is 1. The van der Waals surface area contributed by atoms with Crippen molar-refractivity contribution in [2.45, 2.75) is 51.4 Å². The third-order valence-electron chi connectivity index (χ3n) is 3.67. The van der Waals surface area contributed by atoms with Crippen molar-refractivity contribution >= 4 is 23.0 Å². The average Bonchev–Trinajstić information content (AvgIpc) is 2.87. The molecular weight excluding hydrogens is 324 g/mol. The number of para-hydroxylation sites is 1. The lowest BCUT2D eigenvalue weighted by Gasteiger charge is -2.26. The van der Waals surface area contributed by atoms with Gasteiger partial charge in [-0.15, -0.1) is 0 Å². The zero-order valence-corrected chi connectivity index (χ0v) is 14.6. The number of H-pyrrole nitrogens is 1. The summed E-state index contributed by atoms with van der Waals surface area (Å²) < 4.78 is 5.21. The van der Waals surface area contributed by atoms with Gasteiger partial charge in [0, 0.05) is 17.1 Å². The summed E-state index contributed by atoms with van der Waals surface area (Å²) in [5, 5.41) is 22.7. The fourth-order valence-electron chi connectivity index (χ4n) is 2.60. The molecule has 2 aromatic rings. The normalized spacial score (nSPS) is 14.1. The molecule has 4 N–H and O–H groups in total. The summed E-state index contributed by atoms with van der Waals surface area (Å²) in [7, 11) is 0. The van der Waals surface area contributed by atoms with Gasteiger partial charge in [0.2, 0.25) is 0 Å². The number of aromatic amines is 1. The Balaban J connectivity index is 2.19. The minimum Gasteiger partial charge on any atom is -0.481 e. The lowest BCUT2D eigenvalue weighted by Crippen LogP contribution is -2.47. The van der Waals surface area contributed by atoms with Crippen LogP contribution in [0.4, 0.5) is 4.79 Å². The SMILES string of the molecule is CC(C)(C)OC(=O)NC(Cc1c[nH]c2ccccc12)C(O)CC(=O)O. The number of benzene rings is 1. The maximum Gasteiger partial charge on any atom is 0.407 e. The smallest absolute Gasteiger partial charge is 0.407 e. The molecule has 1 aromatic heterocycles. The van der Waals surface area contributed by atoms with E-state index in [1.165, 1.54) is 0 Å². The van der Waals surface area contributed by atoms with Gasteiger partial charge in [-0.05, 0) is 38.8 Å². The van der Waals surface area contributed by atoms with Gasteiger partial charge in [0.1, 0.15) is 5.60 Å². The van der Waals surface area contributed by atoms with Gasteiger partial charge in [-0.3, -0.25) is 4.79 Å². The molecule has 1 amide bonds. The Hall–Kier alpha value is -2.54. The van der Waals surface area contributed by atoms with E-state index in [1.54, 1.807) is 27.0 Å². The molecule has 1 heterocycles. The molecular formula is C18H24N2O5. The Morgan fingerprint density at radius 3 is 2.60 bits per heavy atom. The predicted octanol–water partition coefficient (Wildman–Crippen LogP) is 2.44. The Kier molecular flexibility index (Phi) is 5.69. The van der Waals surface area contributed by atoms with Gasteiger partial charge in [0.05, 0.1) is 18.6 Å². The zero-order valence-electron chi connectivity index (χ0n) is 14.6. The van der Waals surface area contributed by atoms with Gasteiger partial charge in [0.15, 0.2) is 0 Å². The second-order valence-electron chi connectivity index (χ2n) is 6.98. The fourth-order valence-corrected chi connectivity index (χ4v) is 2.60. The van der Waals surface area contributed by atoms with Crippen molar-refractivity contribution in [1.82, 2.24) is 10.3 Å². The molecule has 2 unspecified atom stereocenters. The summed E-state index contributed by atoms with van der Waals surface area (Å²) in [5.41, 5.74) is 1.12. The van der Waals surface area contributed by atoms with E-state index in [0.29, 0.717) is 0 Å². The molecule has 1 aromatic carbocycles. The fraction of sp³-hybridized carbons (Fsp3) is 0.444. The van der Waals surface area contributed by atoms with Crippen LogP contribution in [-0.2, 0) is 16.0 Å². The van der Waals surface area contributed by atoms with Crippen molar-refractivity contribution in [2.24, 2.45) is 0 Å². The van der Waals surface area contributed by atoms with Crippen LogP contribution in [0.1, 0.15) is 32.8 Å². The molecule has 7 heteroatoms. The number of ether oxygens (including phenoxy) is 1. The Bertz CT molecular complexity index is 747. The molecule has 7 nitrogen and oxygen atoms in total. The molecule has 0 saturated heterocycles. The second kappa shape index (κ2) is 7.57. The van der Waals surface area contributed by atoms with Crippen molar-refractivity contribution in [3.63, 3.8) is 0 Å². The molecule has 25 heavy (non-hydrogen) atoms. The topological polar surface area (TPSA) is 112 Å². The number of aliphatic hydroxyl groups excluding tert-OH is 1. The number of rotatable bonds is 6. The first-order valence-electron chi connectivity index (χ1n) is 8.10. The number of aliphatic hydroxyl groups is 1. The first kappa shape index (κ1) is 18.8. The number of fused-ring (bicyclic) bond motifs is 1. The number of aliphatic carboxylic acids is 1. The number of carboxylic acid groups (broad SMARTS) is 1. The summed E-state index contributed by atoms with van der Waals surface area (Å²) in [4.78, 5) is 26.1. The third kappa shape index (κ3) is 5.49. The molecule has 0 radical (unpaired) electrons. The first-order chi connectivity index (χ1) is 11.7. The highest BCUT2D eigenvalue weighted by Crippen LogP contribution is 2.20. The molecule has 0 aliphatic heterocycles. The van der Waals surface area contributed by atoms with Crippen molar-refractivity contribution < 1.29 is 24.5 Å². The minimum absolute atomic E-state index is 0.275. The van der Waals surface area contributed by atoms with Gasteiger partial charge in [-0.25, -0.2) is 4.79 Å². The predicted molar refractivity (Wildman–Crippen MR) is 93.4 cm³/mol. The number of carboxylic acids is 1. The summed E-state index contributed by atoms with van der Waals surface area (Å²) in [6.45, 7) is 5.19. The summed E-state index contributed by atoms with van der Waals surface area (Å²) in [6, 6.07) is 6.85. The van der Waals surface area contributed by atoms with E-state index in [1.807, 2.05) is 24.3 Å². The van der Waals surface area contributed by atoms with Crippen LogP contribution in [0, 0.1) is 0 Å². The summed E-state index contributed by atoms with van der Waals surface area (Å²) in [5.74, 6) is -1.14. The van der Waals surface area contributed by atoms with Crippen LogP contribution in [0.15, 0.2) is 30.5 Å². The van der Waals surface area contributed by atoms with Crippen molar-refractivity contribution in [2.75, 3.05) is 0 Å². The molecule has 0 aliphatic carbocycles. The zero-order chi connectivity index (χ0) is 18.6. The van der Waals surface area contributed by atoms with E-state index >= 15 is 0 Å². The maximum atomic E-state index is 12.1. The maximum absolute atomic E-state index is 12.1. The standard InChI is InChI=1S/C18H24N2O5/c1-18(2,3)25-17(24)20-14(15(21)9-16(22)23)8-11-10-19-13-7-5-4-6-12(11)13/h4-7,10,14-15,19,21H,8-9H2,1-3H3,(H,20,24)(H,22,23). The van der Waals surface area contributed by atoms with Crippen LogP contribution in [0.3, 0.4) is 0 Å². The van der Waals surface area contributed by atoms with Crippen LogP contribution in [0.2, 0.25) is 0 Å². The molecule has 0 bridgehead atoms. The second-order valence-corrected chi connectivity index (χ2v) is 6.98. The van der Waals surface area contributed by atoms with Gasteiger partial charge >= 0.3 is 12.1 Å². The monoisotopic (exact) mass is 348 g/mol. The van der Waals surface area contributed by atoms with E-state index in [2.05, 4.69) is 10.3 Å². The first-order valence-corrected chi connectivity index (χ1v) is 8.10. The quantitative estimate of drug-likeness (QED) is 0.641. The number of nitrogens with one attached hydrogen (secondary N) is 2. The van der Waals surface area contributed by atoms with Crippen molar-refractivity contribution in [3.05, 3.63) is 36.0 Å². The largest absolute Gasteiger partial charge is 0.481 e. The molecule has 2 rings (SSSR count). The number of hydrogen-bond donors (Lipinski definition) is 4. The lowest BCUT2D eigenvalue weighted by molar-refractivity contribution is -0.139. The van der Waals surface area contributed by atoms with Gasteiger partial charge in [-0.1, -0.05) is 18.2 Å². The number of alkyl carbamates (subject to hydrolysis) is 1. The van der Waals surface area contributed by atoms with E-state index in [9.17, 15) is 14.7 Å². The third-order valence-corrected chi connectivity index (χ3v) is 3.67. The lowest BCUT2D eigenvalue weighted by atomic mass is 9.99. The Labute approximate surface area is 146 Å². The Morgan fingerprint density at radius 1 is 1.28 bits per heavy atom. The molecule has 0 aliphatic rings. The van der Waals surface area contributed by atoms with Crippen LogP contribution < -0.4 is 5.32 Å².